The number of ether oxygens (including phenoxy) is 1. The topological polar surface area (TPSA) is 44.8 Å². The van der Waals surface area contributed by atoms with Crippen molar-refractivity contribution in [3.05, 3.63) is 24.3 Å². The first-order valence-electron chi connectivity index (χ1n) is 8.66. The maximum atomic E-state index is 11.4. The van der Waals surface area contributed by atoms with Crippen molar-refractivity contribution in [3.8, 4) is 5.75 Å². The summed E-state index contributed by atoms with van der Waals surface area (Å²) in [6, 6.07) is 8.38. The van der Waals surface area contributed by atoms with Gasteiger partial charge in [-0.2, -0.15) is 0 Å². The van der Waals surface area contributed by atoms with E-state index in [2.05, 4.69) is 34.5 Å². The number of amides is 1. The van der Waals surface area contributed by atoms with Crippen molar-refractivity contribution in [2.75, 3.05) is 50.8 Å². The van der Waals surface area contributed by atoms with E-state index in [-0.39, 0.29) is 5.91 Å². The maximum Gasteiger partial charge on any atom is 0.219 e. The van der Waals surface area contributed by atoms with Crippen LogP contribution in [0.5, 0.6) is 5.75 Å². The van der Waals surface area contributed by atoms with E-state index in [0.29, 0.717) is 5.92 Å². The Morgan fingerprint density at radius 1 is 1.13 bits per heavy atom. The fourth-order valence-electron chi connectivity index (χ4n) is 3.30. The number of nitrogens with one attached hydrogen (secondary N) is 1. The van der Waals surface area contributed by atoms with Crippen LogP contribution in [-0.2, 0) is 4.79 Å². The second-order valence-electron chi connectivity index (χ2n) is 6.49. The van der Waals surface area contributed by atoms with Crippen molar-refractivity contribution in [2.24, 2.45) is 5.92 Å². The summed E-state index contributed by atoms with van der Waals surface area (Å²) >= 11 is 0. The quantitative estimate of drug-likeness (QED) is 0.919. The van der Waals surface area contributed by atoms with Crippen LogP contribution in [0.1, 0.15) is 19.8 Å². The van der Waals surface area contributed by atoms with E-state index >= 15 is 0 Å². The zero-order valence-corrected chi connectivity index (χ0v) is 14.0. The van der Waals surface area contributed by atoms with Gasteiger partial charge >= 0.3 is 0 Å². The van der Waals surface area contributed by atoms with Gasteiger partial charge in [-0.25, -0.2) is 0 Å². The van der Waals surface area contributed by atoms with Crippen molar-refractivity contribution in [3.63, 3.8) is 0 Å². The minimum absolute atomic E-state index is 0.173. The number of rotatable bonds is 4. The molecule has 2 fully saturated rings. The largest absolute Gasteiger partial charge is 0.493 e. The molecule has 0 radical (unpaired) electrons. The Kier molecular flexibility index (Phi) is 5.39. The highest BCUT2D eigenvalue weighted by molar-refractivity contribution is 5.73. The molecule has 0 aliphatic carbocycles. The van der Waals surface area contributed by atoms with Crippen LogP contribution in [0.3, 0.4) is 0 Å². The third-order valence-corrected chi connectivity index (χ3v) is 4.87. The first kappa shape index (κ1) is 16.1. The van der Waals surface area contributed by atoms with Crippen LogP contribution in [0.25, 0.3) is 0 Å². The number of hydrogen-bond donors (Lipinski definition) is 1. The highest BCUT2D eigenvalue weighted by atomic mass is 16.5. The second kappa shape index (κ2) is 7.68. The summed E-state index contributed by atoms with van der Waals surface area (Å²) in [5.41, 5.74) is 1.21. The van der Waals surface area contributed by atoms with Crippen LogP contribution in [-0.4, -0.2) is 56.7 Å². The molecule has 1 aromatic rings. The molecule has 0 unspecified atom stereocenters. The number of piperazine rings is 1. The lowest BCUT2D eigenvalue weighted by Crippen LogP contribution is -2.48. The Hall–Kier alpha value is -1.75. The fourth-order valence-corrected chi connectivity index (χ4v) is 3.30. The van der Waals surface area contributed by atoms with Gasteiger partial charge in [0.1, 0.15) is 5.75 Å². The highest BCUT2D eigenvalue weighted by Gasteiger charge is 2.19. The monoisotopic (exact) mass is 317 g/mol. The lowest BCUT2D eigenvalue weighted by molar-refractivity contribution is -0.129. The number of hydrogen-bond acceptors (Lipinski definition) is 4. The zero-order valence-electron chi connectivity index (χ0n) is 14.0. The van der Waals surface area contributed by atoms with E-state index in [1.165, 1.54) is 18.5 Å². The van der Waals surface area contributed by atoms with Crippen LogP contribution < -0.4 is 15.0 Å². The molecule has 1 N–H and O–H groups in total. The normalized spacial score (nSPS) is 19.7. The summed E-state index contributed by atoms with van der Waals surface area (Å²) in [7, 11) is 0. The first-order valence-corrected chi connectivity index (χ1v) is 8.66. The standard InChI is InChI=1S/C18H27N3O2/c1-15(22)20-10-12-21(13-11-20)17-2-4-18(5-3-17)23-14-16-6-8-19-9-7-16/h2-5,16,19H,6-14H2,1H3. The van der Waals surface area contributed by atoms with E-state index in [1.54, 1.807) is 6.92 Å². The van der Waals surface area contributed by atoms with Gasteiger partial charge in [0, 0.05) is 38.8 Å². The minimum atomic E-state index is 0.173. The van der Waals surface area contributed by atoms with Crippen molar-refractivity contribution >= 4 is 11.6 Å². The van der Waals surface area contributed by atoms with E-state index < -0.39 is 0 Å². The molecule has 0 spiro atoms. The zero-order chi connectivity index (χ0) is 16.1. The van der Waals surface area contributed by atoms with Crippen LogP contribution in [0.2, 0.25) is 0 Å². The molecule has 1 aromatic carbocycles. The molecule has 3 rings (SSSR count). The van der Waals surface area contributed by atoms with Gasteiger partial charge in [0.05, 0.1) is 6.61 Å². The van der Waals surface area contributed by atoms with E-state index in [4.69, 9.17) is 4.74 Å². The SMILES string of the molecule is CC(=O)N1CCN(c2ccc(OCC3CCNCC3)cc2)CC1. The summed E-state index contributed by atoms with van der Waals surface area (Å²) in [5, 5.41) is 3.38. The van der Waals surface area contributed by atoms with Crippen LogP contribution in [0.4, 0.5) is 5.69 Å². The summed E-state index contributed by atoms with van der Waals surface area (Å²) < 4.78 is 5.94. The highest BCUT2D eigenvalue weighted by Crippen LogP contribution is 2.22. The molecule has 0 bridgehead atoms. The molecule has 5 nitrogen and oxygen atoms in total. The maximum absolute atomic E-state index is 11.4. The van der Waals surface area contributed by atoms with Crippen molar-refractivity contribution < 1.29 is 9.53 Å². The lowest BCUT2D eigenvalue weighted by atomic mass is 9.99. The number of anilines is 1. The van der Waals surface area contributed by atoms with Crippen molar-refractivity contribution in [2.45, 2.75) is 19.8 Å². The van der Waals surface area contributed by atoms with E-state index in [9.17, 15) is 4.79 Å². The minimum Gasteiger partial charge on any atom is -0.493 e. The molecule has 126 valence electrons. The molecule has 2 aliphatic heterocycles. The number of piperidine rings is 1. The second-order valence-corrected chi connectivity index (χ2v) is 6.49. The fraction of sp³-hybridized carbons (Fsp3) is 0.611. The molecule has 2 saturated heterocycles. The van der Waals surface area contributed by atoms with E-state index in [1.807, 2.05) is 4.90 Å². The molecular weight excluding hydrogens is 290 g/mol. The Morgan fingerprint density at radius 2 is 1.78 bits per heavy atom. The van der Waals surface area contributed by atoms with Gasteiger partial charge in [-0.3, -0.25) is 4.79 Å². The van der Waals surface area contributed by atoms with Crippen molar-refractivity contribution in [1.82, 2.24) is 10.2 Å². The Morgan fingerprint density at radius 3 is 2.39 bits per heavy atom. The average Bonchev–Trinajstić information content (AvgIpc) is 2.61. The summed E-state index contributed by atoms with van der Waals surface area (Å²) in [4.78, 5) is 15.6. The molecule has 2 heterocycles. The number of nitrogens with zero attached hydrogens (tertiary/aromatic N) is 2. The van der Waals surface area contributed by atoms with Crippen LogP contribution in [0.15, 0.2) is 24.3 Å². The molecule has 0 atom stereocenters. The van der Waals surface area contributed by atoms with Gasteiger partial charge in [-0.05, 0) is 56.1 Å². The lowest BCUT2D eigenvalue weighted by Gasteiger charge is -2.35. The predicted molar refractivity (Wildman–Crippen MR) is 92.0 cm³/mol. The predicted octanol–water partition coefficient (Wildman–Crippen LogP) is 1.73. The molecule has 0 saturated carbocycles. The molecule has 2 aliphatic rings. The number of carbonyl (C=O) groups is 1. The summed E-state index contributed by atoms with van der Waals surface area (Å²) in [5.74, 6) is 1.80. The van der Waals surface area contributed by atoms with Gasteiger partial charge in [-0.1, -0.05) is 0 Å². The molecule has 0 aromatic heterocycles. The Labute approximate surface area is 138 Å². The molecular formula is C18H27N3O2. The van der Waals surface area contributed by atoms with Crippen LogP contribution >= 0.6 is 0 Å². The summed E-state index contributed by atoms with van der Waals surface area (Å²) in [6.07, 6.45) is 2.41. The van der Waals surface area contributed by atoms with E-state index in [0.717, 1.165) is 51.6 Å². The molecule has 5 heteroatoms. The van der Waals surface area contributed by atoms with Gasteiger partial charge in [0.2, 0.25) is 5.91 Å². The first-order chi connectivity index (χ1) is 11.2. The van der Waals surface area contributed by atoms with Gasteiger partial charge in [0.15, 0.2) is 0 Å². The van der Waals surface area contributed by atoms with Gasteiger partial charge in [0.25, 0.3) is 0 Å². The smallest absolute Gasteiger partial charge is 0.219 e. The number of benzene rings is 1. The summed E-state index contributed by atoms with van der Waals surface area (Å²) in [6.45, 7) is 8.09. The Balaban J connectivity index is 1.48. The molecule has 23 heavy (non-hydrogen) atoms. The van der Waals surface area contributed by atoms with Crippen LogP contribution in [0, 0.1) is 5.92 Å². The average molecular weight is 317 g/mol. The number of carbonyl (C=O) groups excluding carboxylic acids is 1. The van der Waals surface area contributed by atoms with Gasteiger partial charge in [-0.15, -0.1) is 0 Å². The van der Waals surface area contributed by atoms with Crippen molar-refractivity contribution in [1.29, 1.82) is 0 Å². The molecule has 1 amide bonds. The third kappa shape index (κ3) is 4.38. The van der Waals surface area contributed by atoms with Gasteiger partial charge < -0.3 is 19.9 Å². The third-order valence-electron chi connectivity index (χ3n) is 4.87. The Bertz CT molecular complexity index is 504.